The zero-order valence-electron chi connectivity index (χ0n) is 19.1. The molecule has 3 rings (SSSR count). The Kier molecular flexibility index (Phi) is 7.04. The fraction of sp³-hybridized carbons (Fsp3) is 0.208. The first-order valence-corrected chi connectivity index (χ1v) is 13.1. The molecule has 0 bridgehead atoms. The van der Waals surface area contributed by atoms with Crippen LogP contribution in [-0.2, 0) is 24.7 Å². The quantitative estimate of drug-likeness (QED) is 0.474. The standard InChI is InChI=1S/C24H25NO7S2/c1-17-8-14-20(15-9-17)33(27,28)21-6-5-7-22(16-21)34(29,30)32-19-12-10-18(11-13-19)25-23(26)31-24(2,3)4/h5-16H,1-4H3,(H,25,26). The summed E-state index contributed by atoms with van der Waals surface area (Å²) >= 11 is 0. The summed E-state index contributed by atoms with van der Waals surface area (Å²) in [6, 6.07) is 16.9. The molecular formula is C24H25NO7S2. The second-order valence-corrected chi connectivity index (χ2v) is 12.0. The fourth-order valence-corrected chi connectivity index (χ4v) is 5.20. The van der Waals surface area contributed by atoms with Crippen LogP contribution in [0.5, 0.6) is 5.75 Å². The summed E-state index contributed by atoms with van der Waals surface area (Å²) in [5.41, 5.74) is 0.615. The van der Waals surface area contributed by atoms with Gasteiger partial charge < -0.3 is 8.92 Å². The van der Waals surface area contributed by atoms with E-state index in [1.54, 1.807) is 32.9 Å². The number of carbonyl (C=O) groups is 1. The van der Waals surface area contributed by atoms with Crippen molar-refractivity contribution in [2.75, 3.05) is 5.32 Å². The molecule has 34 heavy (non-hydrogen) atoms. The average Bonchev–Trinajstić information content (AvgIpc) is 2.74. The van der Waals surface area contributed by atoms with Gasteiger partial charge in [-0.15, -0.1) is 0 Å². The first-order valence-electron chi connectivity index (χ1n) is 10.2. The normalized spacial score (nSPS) is 12.1. The summed E-state index contributed by atoms with van der Waals surface area (Å²) < 4.78 is 61.7. The molecule has 0 aliphatic heterocycles. The molecule has 8 nitrogen and oxygen atoms in total. The minimum Gasteiger partial charge on any atom is -0.444 e. The number of nitrogens with one attached hydrogen (secondary N) is 1. The predicted octanol–water partition coefficient (Wildman–Crippen LogP) is 4.94. The third-order valence-electron chi connectivity index (χ3n) is 4.44. The number of rotatable bonds is 6. The lowest BCUT2D eigenvalue weighted by Gasteiger charge is -2.19. The Balaban J connectivity index is 1.78. The molecule has 0 heterocycles. The average molecular weight is 504 g/mol. The van der Waals surface area contributed by atoms with Crippen molar-refractivity contribution in [3.8, 4) is 5.75 Å². The van der Waals surface area contributed by atoms with Crippen LogP contribution in [0.3, 0.4) is 0 Å². The number of hydrogen-bond donors (Lipinski definition) is 1. The van der Waals surface area contributed by atoms with Gasteiger partial charge in [-0.05, 0) is 82.3 Å². The van der Waals surface area contributed by atoms with Gasteiger partial charge in [0, 0.05) is 5.69 Å². The highest BCUT2D eigenvalue weighted by Gasteiger charge is 2.23. The van der Waals surface area contributed by atoms with E-state index in [0.717, 1.165) is 11.6 Å². The number of carbonyl (C=O) groups excluding carboxylic acids is 1. The molecule has 1 N–H and O–H groups in total. The van der Waals surface area contributed by atoms with E-state index in [4.69, 9.17) is 8.92 Å². The Hall–Kier alpha value is -3.37. The van der Waals surface area contributed by atoms with Crippen molar-refractivity contribution in [2.45, 2.75) is 48.0 Å². The smallest absolute Gasteiger partial charge is 0.412 e. The molecule has 10 heteroatoms. The molecule has 0 atom stereocenters. The summed E-state index contributed by atoms with van der Waals surface area (Å²) in [6.45, 7) is 7.03. The molecule has 180 valence electrons. The van der Waals surface area contributed by atoms with Gasteiger partial charge in [0.15, 0.2) is 0 Å². The van der Waals surface area contributed by atoms with Crippen LogP contribution in [0.25, 0.3) is 0 Å². The van der Waals surface area contributed by atoms with Crippen LogP contribution in [0.2, 0.25) is 0 Å². The molecule has 3 aromatic carbocycles. The van der Waals surface area contributed by atoms with Gasteiger partial charge in [0.25, 0.3) is 0 Å². The summed E-state index contributed by atoms with van der Waals surface area (Å²) in [7, 11) is -8.24. The first kappa shape index (κ1) is 25.3. The molecule has 0 spiro atoms. The Bertz CT molecular complexity index is 1390. The van der Waals surface area contributed by atoms with Gasteiger partial charge in [0.05, 0.1) is 9.79 Å². The summed E-state index contributed by atoms with van der Waals surface area (Å²) in [4.78, 5) is 11.4. The lowest BCUT2D eigenvalue weighted by atomic mass is 10.2. The zero-order valence-corrected chi connectivity index (χ0v) is 20.7. The maximum atomic E-state index is 12.9. The van der Waals surface area contributed by atoms with E-state index in [1.807, 2.05) is 6.92 Å². The first-order chi connectivity index (χ1) is 15.8. The molecule has 0 radical (unpaired) electrons. The van der Waals surface area contributed by atoms with Gasteiger partial charge in [0.2, 0.25) is 9.84 Å². The van der Waals surface area contributed by atoms with Crippen molar-refractivity contribution in [3.05, 3.63) is 78.4 Å². The van der Waals surface area contributed by atoms with Crippen LogP contribution in [0, 0.1) is 6.92 Å². The number of ether oxygens (including phenoxy) is 1. The van der Waals surface area contributed by atoms with Crippen molar-refractivity contribution in [2.24, 2.45) is 0 Å². The Morgan fingerprint density at radius 3 is 1.97 bits per heavy atom. The van der Waals surface area contributed by atoms with Gasteiger partial charge in [-0.1, -0.05) is 23.8 Å². The summed E-state index contributed by atoms with van der Waals surface area (Å²) in [5, 5.41) is 2.53. The zero-order chi connectivity index (χ0) is 25.1. The third kappa shape index (κ3) is 6.36. The van der Waals surface area contributed by atoms with E-state index in [-0.39, 0.29) is 20.4 Å². The maximum absolute atomic E-state index is 12.9. The molecule has 0 unspecified atom stereocenters. The maximum Gasteiger partial charge on any atom is 0.412 e. The van der Waals surface area contributed by atoms with Crippen LogP contribution in [0.1, 0.15) is 26.3 Å². The lowest BCUT2D eigenvalue weighted by Crippen LogP contribution is -2.27. The van der Waals surface area contributed by atoms with Gasteiger partial charge in [0.1, 0.15) is 16.2 Å². The van der Waals surface area contributed by atoms with E-state index in [2.05, 4.69) is 5.32 Å². The van der Waals surface area contributed by atoms with E-state index in [0.29, 0.717) is 5.69 Å². The Labute approximate surface area is 199 Å². The van der Waals surface area contributed by atoms with Crippen molar-refractivity contribution >= 4 is 31.7 Å². The highest BCUT2D eigenvalue weighted by Crippen LogP contribution is 2.26. The van der Waals surface area contributed by atoms with Crippen molar-refractivity contribution in [1.82, 2.24) is 0 Å². The SMILES string of the molecule is Cc1ccc(S(=O)(=O)c2cccc(S(=O)(=O)Oc3ccc(NC(=O)OC(C)(C)C)cc3)c2)cc1. The highest BCUT2D eigenvalue weighted by molar-refractivity contribution is 7.91. The minimum atomic E-state index is -4.32. The molecule has 1 amide bonds. The van der Waals surface area contributed by atoms with Gasteiger partial charge >= 0.3 is 16.2 Å². The van der Waals surface area contributed by atoms with Crippen LogP contribution in [-0.4, -0.2) is 28.5 Å². The second kappa shape index (κ2) is 9.47. The van der Waals surface area contributed by atoms with E-state index in [9.17, 15) is 21.6 Å². The van der Waals surface area contributed by atoms with E-state index in [1.165, 1.54) is 54.6 Å². The number of amides is 1. The number of sulfone groups is 1. The van der Waals surface area contributed by atoms with Crippen molar-refractivity contribution in [3.63, 3.8) is 0 Å². The van der Waals surface area contributed by atoms with Gasteiger partial charge in [-0.3, -0.25) is 5.32 Å². The fourth-order valence-electron chi connectivity index (χ4n) is 2.84. The number of benzene rings is 3. The monoisotopic (exact) mass is 503 g/mol. The molecule has 3 aromatic rings. The van der Waals surface area contributed by atoms with Crippen LogP contribution < -0.4 is 9.50 Å². The lowest BCUT2D eigenvalue weighted by molar-refractivity contribution is 0.0636. The van der Waals surface area contributed by atoms with Crippen molar-refractivity contribution in [1.29, 1.82) is 0 Å². The van der Waals surface area contributed by atoms with Gasteiger partial charge in [-0.2, -0.15) is 8.42 Å². The van der Waals surface area contributed by atoms with Crippen LogP contribution in [0.15, 0.2) is 87.5 Å². The molecule has 0 saturated carbocycles. The second-order valence-electron chi connectivity index (χ2n) is 8.48. The molecule has 0 saturated heterocycles. The third-order valence-corrected chi connectivity index (χ3v) is 7.45. The minimum absolute atomic E-state index is 0.0125. The topological polar surface area (TPSA) is 116 Å². The molecule has 0 fully saturated rings. The van der Waals surface area contributed by atoms with Crippen LogP contribution in [0.4, 0.5) is 10.5 Å². The van der Waals surface area contributed by atoms with Crippen molar-refractivity contribution < 1.29 is 30.6 Å². The molecule has 0 aliphatic carbocycles. The Morgan fingerprint density at radius 2 is 1.38 bits per heavy atom. The van der Waals surface area contributed by atoms with E-state index >= 15 is 0 Å². The number of aryl methyl sites for hydroxylation is 1. The molecular weight excluding hydrogens is 478 g/mol. The summed E-state index contributed by atoms with van der Waals surface area (Å²) in [6.07, 6.45) is -0.652. The molecule has 0 aliphatic rings. The number of hydrogen-bond acceptors (Lipinski definition) is 7. The predicted molar refractivity (Wildman–Crippen MR) is 127 cm³/mol. The number of anilines is 1. The van der Waals surface area contributed by atoms with E-state index < -0.39 is 31.6 Å². The van der Waals surface area contributed by atoms with Gasteiger partial charge in [-0.25, -0.2) is 13.2 Å². The molecule has 0 aromatic heterocycles. The summed E-state index contributed by atoms with van der Waals surface area (Å²) in [5.74, 6) is -0.0125. The van der Waals surface area contributed by atoms with Crippen LogP contribution >= 0.6 is 0 Å². The largest absolute Gasteiger partial charge is 0.444 e. The highest BCUT2D eigenvalue weighted by atomic mass is 32.2. The Morgan fingerprint density at radius 1 is 0.794 bits per heavy atom.